The van der Waals surface area contributed by atoms with E-state index >= 15 is 0 Å². The van der Waals surface area contributed by atoms with Crippen LogP contribution in [0.1, 0.15) is 11.5 Å². The summed E-state index contributed by atoms with van der Waals surface area (Å²) in [5, 5.41) is 15.4. The second-order valence-corrected chi connectivity index (χ2v) is 5.03. The summed E-state index contributed by atoms with van der Waals surface area (Å²) in [5.74, 6) is 1.61. The molecular weight excluding hydrogens is 272 g/mol. The fourth-order valence-electron chi connectivity index (χ4n) is 2.70. The summed E-state index contributed by atoms with van der Waals surface area (Å²) in [6, 6.07) is 3.59. The van der Waals surface area contributed by atoms with E-state index in [4.69, 9.17) is 19.1 Å². The second kappa shape index (κ2) is 3.82. The number of phenols is 1. The number of aromatic hydroxyl groups is 1. The van der Waals surface area contributed by atoms with Gasteiger partial charge in [0.05, 0.1) is 17.1 Å². The first-order valence-electron chi connectivity index (χ1n) is 6.42. The van der Waals surface area contributed by atoms with Crippen molar-refractivity contribution in [2.45, 2.75) is 13.8 Å². The molecular formula is C15H12N2O4. The molecule has 4 rings (SSSR count). The topological polar surface area (TPSA) is 98.6 Å². The van der Waals surface area contributed by atoms with Gasteiger partial charge in [-0.05, 0) is 26.0 Å². The largest absolute Gasteiger partial charge is 0.504 e. The minimum atomic E-state index is 0.0590. The van der Waals surface area contributed by atoms with Crippen LogP contribution in [0.4, 0.5) is 5.88 Å². The molecule has 21 heavy (non-hydrogen) atoms. The molecule has 0 fully saturated rings. The van der Waals surface area contributed by atoms with E-state index in [9.17, 15) is 5.11 Å². The molecule has 3 heterocycles. The number of rotatable bonds is 1. The Balaban J connectivity index is 2.29. The van der Waals surface area contributed by atoms with Gasteiger partial charge in [-0.3, -0.25) is 0 Å². The van der Waals surface area contributed by atoms with E-state index in [-0.39, 0.29) is 11.6 Å². The zero-order chi connectivity index (χ0) is 14.7. The first-order valence-corrected chi connectivity index (χ1v) is 6.42. The standard InChI is InChI=1S/C15H12N2O4/c1-6-3-8-11(10-5-17-21-15(10)16)13-9(4-7(2)19-13)12(18)14(8)20-6/h3-5,18H,16H2,1-2H3. The number of nitrogen functional groups attached to an aromatic ring is 1. The predicted octanol–water partition coefficient (Wildman–Crippen LogP) is 3.74. The van der Waals surface area contributed by atoms with Crippen LogP contribution < -0.4 is 5.73 Å². The summed E-state index contributed by atoms with van der Waals surface area (Å²) in [5.41, 5.74) is 8.10. The zero-order valence-corrected chi connectivity index (χ0v) is 11.4. The average Bonchev–Trinajstić information content (AvgIpc) is 3.10. The van der Waals surface area contributed by atoms with E-state index in [1.54, 1.807) is 6.07 Å². The van der Waals surface area contributed by atoms with Crippen LogP contribution in [0.2, 0.25) is 0 Å². The Kier molecular flexibility index (Phi) is 2.16. The lowest BCUT2D eigenvalue weighted by molar-refractivity contribution is 0.436. The van der Waals surface area contributed by atoms with Crippen LogP contribution >= 0.6 is 0 Å². The molecule has 0 atom stereocenters. The second-order valence-electron chi connectivity index (χ2n) is 5.03. The molecule has 0 aliphatic heterocycles. The summed E-state index contributed by atoms with van der Waals surface area (Å²) < 4.78 is 16.3. The Hall–Kier alpha value is -2.89. The molecule has 4 aromatic rings. The van der Waals surface area contributed by atoms with Gasteiger partial charge in [0, 0.05) is 10.9 Å². The van der Waals surface area contributed by atoms with Gasteiger partial charge in [0.25, 0.3) is 0 Å². The van der Waals surface area contributed by atoms with Gasteiger partial charge in [0.1, 0.15) is 17.1 Å². The number of hydrogen-bond acceptors (Lipinski definition) is 6. The molecule has 3 aromatic heterocycles. The lowest BCUT2D eigenvalue weighted by Crippen LogP contribution is -1.86. The SMILES string of the molecule is Cc1cc2c(-c3cnoc3N)c3oc(C)cc3c(O)c2o1. The quantitative estimate of drug-likeness (QED) is 0.552. The smallest absolute Gasteiger partial charge is 0.230 e. The van der Waals surface area contributed by atoms with E-state index in [1.807, 2.05) is 19.9 Å². The summed E-state index contributed by atoms with van der Waals surface area (Å²) in [7, 11) is 0. The Morgan fingerprint density at radius 1 is 1.05 bits per heavy atom. The van der Waals surface area contributed by atoms with E-state index in [0.29, 0.717) is 44.6 Å². The van der Waals surface area contributed by atoms with E-state index in [1.165, 1.54) is 6.20 Å². The van der Waals surface area contributed by atoms with Crippen molar-refractivity contribution >= 4 is 27.8 Å². The minimum absolute atomic E-state index is 0.0590. The fraction of sp³-hybridized carbons (Fsp3) is 0.133. The number of aromatic nitrogens is 1. The molecule has 106 valence electrons. The number of nitrogens with two attached hydrogens (primary N) is 1. The lowest BCUT2D eigenvalue weighted by Gasteiger charge is -2.04. The highest BCUT2D eigenvalue weighted by molar-refractivity contribution is 6.14. The molecule has 0 aliphatic carbocycles. The monoisotopic (exact) mass is 284 g/mol. The van der Waals surface area contributed by atoms with Crippen LogP contribution in [0.5, 0.6) is 5.75 Å². The summed E-state index contributed by atoms with van der Waals surface area (Å²) in [4.78, 5) is 0. The summed E-state index contributed by atoms with van der Waals surface area (Å²) in [6.07, 6.45) is 1.53. The zero-order valence-electron chi connectivity index (χ0n) is 11.4. The minimum Gasteiger partial charge on any atom is -0.504 e. The van der Waals surface area contributed by atoms with Crippen molar-refractivity contribution in [2.24, 2.45) is 0 Å². The van der Waals surface area contributed by atoms with Crippen molar-refractivity contribution in [3.8, 4) is 16.9 Å². The van der Waals surface area contributed by atoms with Crippen LogP contribution in [0.25, 0.3) is 33.1 Å². The van der Waals surface area contributed by atoms with Gasteiger partial charge in [-0.1, -0.05) is 5.16 Å². The number of furan rings is 2. The molecule has 6 heteroatoms. The summed E-state index contributed by atoms with van der Waals surface area (Å²) >= 11 is 0. The molecule has 0 amide bonds. The van der Waals surface area contributed by atoms with Crippen LogP contribution in [0.15, 0.2) is 31.7 Å². The Morgan fingerprint density at radius 2 is 1.71 bits per heavy atom. The number of aryl methyl sites for hydroxylation is 2. The van der Waals surface area contributed by atoms with E-state index in [2.05, 4.69) is 5.16 Å². The normalized spacial score (nSPS) is 11.7. The van der Waals surface area contributed by atoms with Crippen LogP contribution in [0, 0.1) is 13.8 Å². The highest BCUT2D eigenvalue weighted by Crippen LogP contribution is 2.46. The predicted molar refractivity (Wildman–Crippen MR) is 77.0 cm³/mol. The number of nitrogens with zero attached hydrogens (tertiary/aromatic N) is 1. The third kappa shape index (κ3) is 1.50. The lowest BCUT2D eigenvalue weighted by atomic mass is 10.0. The van der Waals surface area contributed by atoms with Gasteiger partial charge >= 0.3 is 0 Å². The van der Waals surface area contributed by atoms with Crippen molar-refractivity contribution in [1.29, 1.82) is 0 Å². The number of hydrogen-bond donors (Lipinski definition) is 2. The highest BCUT2D eigenvalue weighted by Gasteiger charge is 2.23. The van der Waals surface area contributed by atoms with Crippen LogP contribution in [-0.4, -0.2) is 10.3 Å². The Labute approximate surface area is 118 Å². The maximum Gasteiger partial charge on any atom is 0.230 e. The van der Waals surface area contributed by atoms with Gasteiger partial charge in [-0.2, -0.15) is 0 Å². The number of fused-ring (bicyclic) bond motifs is 2. The molecule has 0 saturated carbocycles. The average molecular weight is 284 g/mol. The number of phenolic OH excluding ortho intramolecular Hbond substituents is 1. The first-order chi connectivity index (χ1) is 10.1. The van der Waals surface area contributed by atoms with Gasteiger partial charge in [0.2, 0.25) is 5.88 Å². The number of anilines is 1. The van der Waals surface area contributed by atoms with Crippen LogP contribution in [-0.2, 0) is 0 Å². The van der Waals surface area contributed by atoms with Gasteiger partial charge in [-0.25, -0.2) is 0 Å². The van der Waals surface area contributed by atoms with Gasteiger partial charge in [0.15, 0.2) is 11.3 Å². The molecule has 1 aromatic carbocycles. The molecule has 0 bridgehead atoms. The van der Waals surface area contributed by atoms with Crippen molar-refractivity contribution in [3.63, 3.8) is 0 Å². The van der Waals surface area contributed by atoms with Crippen LogP contribution in [0.3, 0.4) is 0 Å². The summed E-state index contributed by atoms with van der Waals surface area (Å²) in [6.45, 7) is 3.63. The third-order valence-electron chi connectivity index (χ3n) is 3.54. The molecule has 0 saturated heterocycles. The van der Waals surface area contributed by atoms with E-state index in [0.717, 1.165) is 0 Å². The fourth-order valence-corrected chi connectivity index (χ4v) is 2.70. The van der Waals surface area contributed by atoms with Crippen molar-refractivity contribution in [3.05, 3.63) is 29.9 Å². The van der Waals surface area contributed by atoms with E-state index < -0.39 is 0 Å². The number of benzene rings is 1. The molecule has 6 nitrogen and oxygen atoms in total. The van der Waals surface area contributed by atoms with Crippen molar-refractivity contribution in [1.82, 2.24) is 5.16 Å². The maximum absolute atomic E-state index is 10.4. The van der Waals surface area contributed by atoms with Crippen molar-refractivity contribution < 1.29 is 18.5 Å². The molecule has 0 aliphatic rings. The highest BCUT2D eigenvalue weighted by atomic mass is 16.5. The Morgan fingerprint density at radius 3 is 2.38 bits per heavy atom. The molecule has 0 radical (unpaired) electrons. The molecule has 0 spiro atoms. The van der Waals surface area contributed by atoms with Gasteiger partial charge < -0.3 is 24.2 Å². The molecule has 0 unspecified atom stereocenters. The third-order valence-corrected chi connectivity index (χ3v) is 3.54. The van der Waals surface area contributed by atoms with Gasteiger partial charge in [-0.15, -0.1) is 0 Å². The Bertz CT molecular complexity index is 933. The van der Waals surface area contributed by atoms with Crippen molar-refractivity contribution in [2.75, 3.05) is 5.73 Å². The first kappa shape index (κ1) is 11.9. The molecule has 3 N–H and O–H groups in total. The maximum atomic E-state index is 10.4.